The van der Waals surface area contributed by atoms with Crippen molar-refractivity contribution in [1.29, 1.82) is 0 Å². The molecule has 2 aromatic rings. The van der Waals surface area contributed by atoms with Crippen LogP contribution < -0.4 is 5.32 Å². The van der Waals surface area contributed by atoms with Crippen molar-refractivity contribution in [1.82, 2.24) is 10.2 Å². The van der Waals surface area contributed by atoms with Gasteiger partial charge >= 0.3 is 0 Å². The molecule has 4 heteroatoms. The third-order valence-corrected chi connectivity index (χ3v) is 6.22. The third-order valence-electron chi connectivity index (χ3n) is 6.22. The van der Waals surface area contributed by atoms with Crippen LogP contribution in [-0.4, -0.2) is 28.8 Å². The summed E-state index contributed by atoms with van der Waals surface area (Å²) < 4.78 is 0. The fourth-order valence-corrected chi connectivity index (χ4v) is 3.59. The summed E-state index contributed by atoms with van der Waals surface area (Å²) in [5, 5.41) is 3.03. The summed E-state index contributed by atoms with van der Waals surface area (Å²) >= 11 is 0. The van der Waals surface area contributed by atoms with E-state index in [1.54, 1.807) is 4.90 Å². The number of aryl methyl sites for hydroxylation is 2. The van der Waals surface area contributed by atoms with Crippen LogP contribution in [0.2, 0.25) is 0 Å². The first-order chi connectivity index (χ1) is 15.0. The van der Waals surface area contributed by atoms with Crippen LogP contribution in [-0.2, 0) is 28.0 Å². The quantitative estimate of drug-likeness (QED) is 0.560. The highest BCUT2D eigenvalue weighted by Crippen LogP contribution is 2.23. The van der Waals surface area contributed by atoms with Gasteiger partial charge in [-0.3, -0.25) is 9.59 Å². The predicted molar refractivity (Wildman–Crippen MR) is 133 cm³/mol. The Balaban J connectivity index is 2.15. The molecule has 0 aliphatic heterocycles. The molecule has 2 rings (SSSR count). The molecule has 2 amide bonds. The van der Waals surface area contributed by atoms with Crippen LogP contribution in [0.5, 0.6) is 0 Å². The van der Waals surface area contributed by atoms with Gasteiger partial charge in [0.1, 0.15) is 6.04 Å². The molecule has 2 aromatic carbocycles. The van der Waals surface area contributed by atoms with Crippen molar-refractivity contribution >= 4 is 11.8 Å². The second-order valence-corrected chi connectivity index (χ2v) is 9.89. The molecule has 0 aliphatic carbocycles. The minimum absolute atomic E-state index is 0.0000440. The maximum absolute atomic E-state index is 13.3. The van der Waals surface area contributed by atoms with Crippen molar-refractivity contribution in [3.05, 3.63) is 70.8 Å². The minimum Gasteiger partial charge on any atom is -0.352 e. The maximum Gasteiger partial charge on any atom is 0.242 e. The summed E-state index contributed by atoms with van der Waals surface area (Å²) in [7, 11) is 0. The summed E-state index contributed by atoms with van der Waals surface area (Å²) in [4.78, 5) is 27.9. The molecule has 0 heterocycles. The van der Waals surface area contributed by atoms with E-state index in [0.29, 0.717) is 19.4 Å². The van der Waals surface area contributed by atoms with Gasteiger partial charge in [0.25, 0.3) is 0 Å². The Morgan fingerprint density at radius 1 is 1.00 bits per heavy atom. The molecule has 2 unspecified atom stereocenters. The van der Waals surface area contributed by atoms with Gasteiger partial charge in [-0.1, -0.05) is 76.2 Å². The lowest BCUT2D eigenvalue weighted by Gasteiger charge is -2.30. The Labute approximate surface area is 194 Å². The minimum atomic E-state index is -0.528. The Kier molecular flexibility index (Phi) is 9.06. The smallest absolute Gasteiger partial charge is 0.242 e. The number of benzene rings is 2. The lowest BCUT2D eigenvalue weighted by atomic mass is 9.86. The highest BCUT2D eigenvalue weighted by atomic mass is 16.2. The first-order valence-corrected chi connectivity index (χ1v) is 11.8. The second-order valence-electron chi connectivity index (χ2n) is 9.89. The number of hydrogen-bond acceptors (Lipinski definition) is 2. The summed E-state index contributed by atoms with van der Waals surface area (Å²) in [6, 6.07) is 16.1. The number of nitrogens with zero attached hydrogens (tertiary/aromatic N) is 1. The molecule has 0 aromatic heterocycles. The molecule has 174 valence electrons. The molecular formula is C28H40N2O2. The molecule has 0 saturated heterocycles. The zero-order valence-corrected chi connectivity index (χ0v) is 20.9. The average molecular weight is 437 g/mol. The molecule has 0 aliphatic rings. The highest BCUT2D eigenvalue weighted by molar-refractivity contribution is 5.87. The molecule has 2 atom stereocenters. The van der Waals surface area contributed by atoms with E-state index in [-0.39, 0.29) is 23.3 Å². The van der Waals surface area contributed by atoms with Crippen LogP contribution in [0.4, 0.5) is 0 Å². The Morgan fingerprint density at radius 2 is 1.62 bits per heavy atom. The lowest BCUT2D eigenvalue weighted by molar-refractivity contribution is -0.140. The van der Waals surface area contributed by atoms with Gasteiger partial charge in [-0.15, -0.1) is 0 Å². The van der Waals surface area contributed by atoms with Crippen LogP contribution in [0.1, 0.15) is 76.6 Å². The van der Waals surface area contributed by atoms with E-state index in [0.717, 1.165) is 23.1 Å². The monoisotopic (exact) mass is 436 g/mol. The van der Waals surface area contributed by atoms with Crippen LogP contribution in [0.25, 0.3) is 0 Å². The lowest BCUT2D eigenvalue weighted by Crippen LogP contribution is -2.49. The number of nitrogens with one attached hydrogen (secondary N) is 1. The third kappa shape index (κ3) is 7.22. The summed E-state index contributed by atoms with van der Waals surface area (Å²) in [6.07, 6.45) is 1.89. The number of hydrogen-bond donors (Lipinski definition) is 1. The van der Waals surface area contributed by atoms with Crippen molar-refractivity contribution in [2.75, 3.05) is 0 Å². The van der Waals surface area contributed by atoms with Gasteiger partial charge in [0.2, 0.25) is 11.8 Å². The van der Waals surface area contributed by atoms with Crippen LogP contribution >= 0.6 is 0 Å². The summed E-state index contributed by atoms with van der Waals surface area (Å²) in [5.74, 6) is -0.101. The Bertz CT molecular complexity index is 896. The van der Waals surface area contributed by atoms with Gasteiger partial charge in [-0.05, 0) is 61.3 Å². The van der Waals surface area contributed by atoms with E-state index in [1.165, 1.54) is 5.56 Å². The first kappa shape index (κ1) is 25.6. The van der Waals surface area contributed by atoms with E-state index in [9.17, 15) is 9.59 Å². The van der Waals surface area contributed by atoms with Crippen molar-refractivity contribution in [3.8, 4) is 0 Å². The molecule has 0 spiro atoms. The number of carbonyl (C=O) groups excluding carboxylic acids is 2. The number of rotatable bonds is 9. The summed E-state index contributed by atoms with van der Waals surface area (Å²) in [5.41, 5.74) is 4.72. The van der Waals surface area contributed by atoms with Crippen LogP contribution in [0.3, 0.4) is 0 Å². The van der Waals surface area contributed by atoms with Crippen LogP contribution in [0, 0.1) is 6.92 Å². The molecule has 1 N–H and O–H groups in total. The second kappa shape index (κ2) is 11.3. The molecule has 0 bridgehead atoms. The van der Waals surface area contributed by atoms with Gasteiger partial charge in [0.15, 0.2) is 0 Å². The molecular weight excluding hydrogens is 396 g/mol. The van der Waals surface area contributed by atoms with Crippen LogP contribution in [0.15, 0.2) is 48.5 Å². The highest BCUT2D eigenvalue weighted by Gasteiger charge is 2.27. The summed E-state index contributed by atoms with van der Waals surface area (Å²) in [6.45, 7) is 14.9. The fourth-order valence-electron chi connectivity index (χ4n) is 3.59. The van der Waals surface area contributed by atoms with E-state index < -0.39 is 6.04 Å². The molecule has 0 saturated carbocycles. The van der Waals surface area contributed by atoms with E-state index in [1.807, 2.05) is 52.0 Å². The fraction of sp³-hybridized carbons (Fsp3) is 0.500. The van der Waals surface area contributed by atoms with Crippen molar-refractivity contribution in [2.45, 2.75) is 91.8 Å². The van der Waals surface area contributed by atoms with Gasteiger partial charge in [0.05, 0.1) is 0 Å². The Morgan fingerprint density at radius 3 is 2.19 bits per heavy atom. The van der Waals surface area contributed by atoms with E-state index in [2.05, 4.69) is 50.4 Å². The number of amides is 2. The van der Waals surface area contributed by atoms with E-state index in [4.69, 9.17) is 0 Å². The van der Waals surface area contributed by atoms with Crippen molar-refractivity contribution in [2.24, 2.45) is 0 Å². The molecule has 0 fully saturated rings. The zero-order valence-electron chi connectivity index (χ0n) is 20.9. The predicted octanol–water partition coefficient (Wildman–Crippen LogP) is 5.56. The first-order valence-electron chi connectivity index (χ1n) is 11.8. The van der Waals surface area contributed by atoms with Crippen molar-refractivity contribution in [3.63, 3.8) is 0 Å². The molecule has 32 heavy (non-hydrogen) atoms. The van der Waals surface area contributed by atoms with Gasteiger partial charge in [-0.2, -0.15) is 0 Å². The zero-order chi connectivity index (χ0) is 23.9. The van der Waals surface area contributed by atoms with Gasteiger partial charge in [-0.25, -0.2) is 0 Å². The SMILES string of the molecule is CCC(C)NC(=O)C(C)N(Cc1ccccc1C)C(=O)CCc1ccc(C(C)(C)C)cc1. The standard InChI is InChI=1S/C28H40N2O2/c1-8-21(3)29-27(32)22(4)30(19-24-12-10-9-11-20(24)2)26(31)18-15-23-13-16-25(17-14-23)28(5,6)7/h9-14,16-17,21-22H,8,15,18-19H2,1-7H3,(H,29,32). The molecule has 4 nitrogen and oxygen atoms in total. The van der Waals surface area contributed by atoms with Gasteiger partial charge < -0.3 is 10.2 Å². The Hall–Kier alpha value is -2.62. The maximum atomic E-state index is 13.3. The van der Waals surface area contributed by atoms with E-state index >= 15 is 0 Å². The molecule has 0 radical (unpaired) electrons. The largest absolute Gasteiger partial charge is 0.352 e. The topological polar surface area (TPSA) is 49.4 Å². The van der Waals surface area contributed by atoms with Gasteiger partial charge in [0, 0.05) is 19.0 Å². The average Bonchev–Trinajstić information content (AvgIpc) is 2.76. The number of carbonyl (C=O) groups is 2. The normalized spacial score (nSPS) is 13.3. The van der Waals surface area contributed by atoms with Crippen molar-refractivity contribution < 1.29 is 9.59 Å².